The summed E-state index contributed by atoms with van der Waals surface area (Å²) in [7, 11) is 1.69. The number of nitrogens with two attached hydrogens (primary N) is 1. The van der Waals surface area contributed by atoms with E-state index >= 15 is 0 Å². The molecule has 1 heterocycles. The Balaban J connectivity index is 1.67. The van der Waals surface area contributed by atoms with Crippen molar-refractivity contribution in [3.05, 3.63) is 29.8 Å². The van der Waals surface area contributed by atoms with Crippen LogP contribution in [0.25, 0.3) is 0 Å². The molecule has 1 aromatic rings. The lowest BCUT2D eigenvalue weighted by atomic mass is 9.95. The Morgan fingerprint density at radius 2 is 1.92 bits per heavy atom. The van der Waals surface area contributed by atoms with Crippen LogP contribution in [0, 0.1) is 11.8 Å². The molecule has 1 amide bonds. The van der Waals surface area contributed by atoms with Gasteiger partial charge in [0.2, 0.25) is 5.91 Å². The van der Waals surface area contributed by atoms with E-state index in [9.17, 15) is 4.79 Å². The molecule has 3 rings (SSSR count). The first kappa shape index (κ1) is 19.2. The number of ether oxygens (including phenoxy) is 1. The number of hydrogen-bond acceptors (Lipinski definition) is 4. The van der Waals surface area contributed by atoms with Crippen LogP contribution in [-0.2, 0) is 4.79 Å². The molecule has 0 spiro atoms. The van der Waals surface area contributed by atoms with Crippen molar-refractivity contribution in [2.75, 3.05) is 33.3 Å². The maximum absolute atomic E-state index is 12.7. The van der Waals surface area contributed by atoms with E-state index < -0.39 is 0 Å². The van der Waals surface area contributed by atoms with Crippen LogP contribution >= 0.6 is 0 Å². The summed E-state index contributed by atoms with van der Waals surface area (Å²) in [4.78, 5) is 15.2. The van der Waals surface area contributed by atoms with E-state index in [4.69, 9.17) is 10.5 Å². The van der Waals surface area contributed by atoms with Crippen LogP contribution in [0.3, 0.4) is 0 Å². The first-order chi connectivity index (χ1) is 12.7. The zero-order valence-electron chi connectivity index (χ0n) is 16.0. The molecule has 144 valence electrons. The minimum atomic E-state index is 0.0953. The molecule has 2 aliphatic rings. The van der Waals surface area contributed by atoms with E-state index in [-0.39, 0.29) is 17.9 Å². The molecule has 5 heteroatoms. The molecule has 3 atom stereocenters. The number of amides is 1. The molecule has 1 unspecified atom stereocenters. The zero-order chi connectivity index (χ0) is 18.4. The number of nitrogens with one attached hydrogen (secondary N) is 1. The van der Waals surface area contributed by atoms with Crippen LogP contribution in [0.4, 0.5) is 0 Å². The second-order valence-electron chi connectivity index (χ2n) is 7.66. The van der Waals surface area contributed by atoms with Gasteiger partial charge in [0.05, 0.1) is 13.2 Å². The largest absolute Gasteiger partial charge is 0.497 e. The molecule has 1 saturated heterocycles. The monoisotopic (exact) mass is 359 g/mol. The quantitative estimate of drug-likeness (QED) is 0.785. The van der Waals surface area contributed by atoms with Gasteiger partial charge in [-0.15, -0.1) is 0 Å². The highest BCUT2D eigenvalue weighted by Gasteiger charge is 2.32. The molecule has 5 nitrogen and oxygen atoms in total. The van der Waals surface area contributed by atoms with Crippen LogP contribution < -0.4 is 15.8 Å². The number of methoxy groups -OCH3 is 1. The summed E-state index contributed by atoms with van der Waals surface area (Å²) in [6, 6.07) is 8.50. The van der Waals surface area contributed by atoms with Crippen molar-refractivity contribution in [3.8, 4) is 5.75 Å². The number of rotatable bonds is 7. The van der Waals surface area contributed by atoms with E-state index in [1.54, 1.807) is 7.11 Å². The van der Waals surface area contributed by atoms with Crippen molar-refractivity contribution in [2.24, 2.45) is 17.6 Å². The van der Waals surface area contributed by atoms with Crippen LogP contribution in [0.5, 0.6) is 5.75 Å². The third-order valence-corrected chi connectivity index (χ3v) is 6.10. The molecular formula is C21H33N3O2. The van der Waals surface area contributed by atoms with E-state index in [0.29, 0.717) is 19.0 Å². The summed E-state index contributed by atoms with van der Waals surface area (Å²) in [5.41, 5.74) is 7.10. The number of carbonyl (C=O) groups is 1. The van der Waals surface area contributed by atoms with Crippen molar-refractivity contribution in [3.63, 3.8) is 0 Å². The van der Waals surface area contributed by atoms with Crippen molar-refractivity contribution in [1.82, 2.24) is 10.2 Å². The third kappa shape index (κ3) is 4.57. The van der Waals surface area contributed by atoms with Crippen LogP contribution in [0.15, 0.2) is 24.3 Å². The average Bonchev–Trinajstić information content (AvgIpc) is 3.18. The summed E-state index contributed by atoms with van der Waals surface area (Å²) in [6.45, 7) is 3.48. The SMILES string of the molecule is COc1ccc(C(CNC(=O)[C@@H]2CCC[C@@H]2CN)N2CCCCC2)cc1. The lowest BCUT2D eigenvalue weighted by Crippen LogP contribution is -2.43. The summed E-state index contributed by atoms with van der Waals surface area (Å²) in [5.74, 6) is 1.50. The van der Waals surface area contributed by atoms with E-state index in [2.05, 4.69) is 22.3 Å². The Kier molecular flexibility index (Phi) is 6.92. The lowest BCUT2D eigenvalue weighted by Gasteiger charge is -2.35. The van der Waals surface area contributed by atoms with Gasteiger partial charge < -0.3 is 15.8 Å². The van der Waals surface area contributed by atoms with Gasteiger partial charge in [0, 0.05) is 12.5 Å². The van der Waals surface area contributed by atoms with Gasteiger partial charge in [0.25, 0.3) is 0 Å². The number of hydrogen-bond donors (Lipinski definition) is 2. The Morgan fingerprint density at radius 3 is 2.58 bits per heavy atom. The van der Waals surface area contributed by atoms with Gasteiger partial charge in [-0.1, -0.05) is 25.0 Å². The van der Waals surface area contributed by atoms with Gasteiger partial charge >= 0.3 is 0 Å². The Bertz CT molecular complexity index is 569. The van der Waals surface area contributed by atoms with Gasteiger partial charge in [-0.05, 0) is 68.9 Å². The molecule has 2 fully saturated rings. The first-order valence-corrected chi connectivity index (χ1v) is 10.1. The van der Waals surface area contributed by atoms with E-state index in [1.165, 1.54) is 24.8 Å². The molecular weight excluding hydrogens is 326 g/mol. The van der Waals surface area contributed by atoms with Crippen molar-refractivity contribution in [2.45, 2.75) is 44.6 Å². The number of carbonyl (C=O) groups excluding carboxylic acids is 1. The van der Waals surface area contributed by atoms with Gasteiger partial charge in [0.15, 0.2) is 0 Å². The van der Waals surface area contributed by atoms with Gasteiger partial charge in [-0.2, -0.15) is 0 Å². The summed E-state index contributed by atoms with van der Waals surface area (Å²) in [5, 5.41) is 3.25. The fourth-order valence-corrected chi connectivity index (χ4v) is 4.51. The molecule has 1 saturated carbocycles. The molecule has 1 aliphatic carbocycles. The maximum Gasteiger partial charge on any atom is 0.223 e. The Labute approximate surface area is 157 Å². The molecule has 1 aromatic carbocycles. The van der Waals surface area contributed by atoms with Crippen molar-refractivity contribution in [1.29, 1.82) is 0 Å². The highest BCUT2D eigenvalue weighted by Crippen LogP contribution is 2.31. The number of benzene rings is 1. The molecule has 3 N–H and O–H groups in total. The Hall–Kier alpha value is -1.59. The second-order valence-corrected chi connectivity index (χ2v) is 7.66. The standard InChI is InChI=1S/C21H33N3O2/c1-26-18-10-8-16(9-11-18)20(24-12-3-2-4-13-24)15-23-21(25)19-7-5-6-17(19)14-22/h8-11,17,19-20H,2-7,12-15,22H2,1H3,(H,23,25)/t17-,19-,20?/m1/s1. The predicted octanol–water partition coefficient (Wildman–Crippen LogP) is 2.71. The number of likely N-dealkylation sites (tertiary alicyclic amines) is 1. The summed E-state index contributed by atoms with van der Waals surface area (Å²) < 4.78 is 5.29. The Morgan fingerprint density at radius 1 is 1.19 bits per heavy atom. The van der Waals surface area contributed by atoms with E-state index in [0.717, 1.165) is 38.1 Å². The van der Waals surface area contributed by atoms with E-state index in [1.807, 2.05) is 12.1 Å². The minimum absolute atomic E-state index is 0.0953. The van der Waals surface area contributed by atoms with Crippen LogP contribution in [-0.4, -0.2) is 44.1 Å². The van der Waals surface area contributed by atoms with Crippen LogP contribution in [0.2, 0.25) is 0 Å². The van der Waals surface area contributed by atoms with Crippen molar-refractivity contribution < 1.29 is 9.53 Å². The van der Waals surface area contributed by atoms with Gasteiger partial charge in [-0.25, -0.2) is 0 Å². The lowest BCUT2D eigenvalue weighted by molar-refractivity contribution is -0.126. The normalized spacial score (nSPS) is 25.0. The van der Waals surface area contributed by atoms with Gasteiger partial charge in [0.1, 0.15) is 5.75 Å². The maximum atomic E-state index is 12.7. The van der Waals surface area contributed by atoms with Crippen molar-refractivity contribution >= 4 is 5.91 Å². The molecule has 0 bridgehead atoms. The molecule has 1 aliphatic heterocycles. The zero-order valence-corrected chi connectivity index (χ0v) is 16.0. The fourth-order valence-electron chi connectivity index (χ4n) is 4.51. The van der Waals surface area contributed by atoms with Gasteiger partial charge in [-0.3, -0.25) is 9.69 Å². The highest BCUT2D eigenvalue weighted by atomic mass is 16.5. The molecule has 0 radical (unpaired) electrons. The smallest absolute Gasteiger partial charge is 0.223 e. The third-order valence-electron chi connectivity index (χ3n) is 6.10. The second kappa shape index (κ2) is 9.38. The molecule has 26 heavy (non-hydrogen) atoms. The number of piperidine rings is 1. The molecule has 0 aromatic heterocycles. The summed E-state index contributed by atoms with van der Waals surface area (Å²) in [6.07, 6.45) is 6.95. The predicted molar refractivity (Wildman–Crippen MR) is 104 cm³/mol. The minimum Gasteiger partial charge on any atom is -0.497 e. The topological polar surface area (TPSA) is 67.6 Å². The highest BCUT2D eigenvalue weighted by molar-refractivity contribution is 5.79. The fraction of sp³-hybridized carbons (Fsp3) is 0.667. The number of nitrogens with zero attached hydrogens (tertiary/aromatic N) is 1. The van der Waals surface area contributed by atoms with Crippen LogP contribution in [0.1, 0.15) is 50.1 Å². The first-order valence-electron chi connectivity index (χ1n) is 10.1. The summed E-state index contributed by atoms with van der Waals surface area (Å²) >= 11 is 0. The average molecular weight is 360 g/mol.